The number of nitrogen functional groups attached to an aromatic ring is 1. The average Bonchev–Trinajstić information content (AvgIpc) is 2.41. The second-order valence-corrected chi connectivity index (χ2v) is 4.88. The lowest BCUT2D eigenvalue weighted by Gasteiger charge is -2.20. The van der Waals surface area contributed by atoms with E-state index in [0.29, 0.717) is 18.0 Å². The van der Waals surface area contributed by atoms with E-state index in [-0.39, 0.29) is 11.7 Å². The Balaban J connectivity index is 2.12. The molecule has 0 atom stereocenters. The van der Waals surface area contributed by atoms with Crippen molar-refractivity contribution < 1.29 is 9.53 Å². The highest BCUT2D eigenvalue weighted by Crippen LogP contribution is 2.29. The fraction of sp³-hybridized carbons (Fsp3) is 0.533. The Morgan fingerprint density at radius 3 is 2.67 bits per heavy atom. The number of carbonyl (C=O) groups is 1. The van der Waals surface area contributed by atoms with Crippen LogP contribution in [0.2, 0.25) is 0 Å². The van der Waals surface area contributed by atoms with Crippen molar-refractivity contribution >= 4 is 11.5 Å². The van der Waals surface area contributed by atoms with Crippen molar-refractivity contribution in [3.05, 3.63) is 23.8 Å². The van der Waals surface area contributed by atoms with E-state index in [1.165, 1.54) is 19.3 Å². The van der Waals surface area contributed by atoms with Crippen molar-refractivity contribution in [2.24, 2.45) is 5.92 Å². The first-order chi connectivity index (χ1) is 8.72. The van der Waals surface area contributed by atoms with Crippen molar-refractivity contribution in [1.29, 1.82) is 0 Å². The Morgan fingerprint density at radius 2 is 2.06 bits per heavy atom. The maximum atomic E-state index is 12.3. The molecular formula is C15H21NO2. The summed E-state index contributed by atoms with van der Waals surface area (Å²) in [5.41, 5.74) is 7.18. The summed E-state index contributed by atoms with van der Waals surface area (Å²) < 4.78 is 5.38. The molecule has 0 saturated heterocycles. The van der Waals surface area contributed by atoms with Gasteiger partial charge in [0.05, 0.1) is 12.3 Å². The number of ether oxygens (including phenoxy) is 1. The zero-order valence-corrected chi connectivity index (χ0v) is 10.9. The van der Waals surface area contributed by atoms with E-state index >= 15 is 0 Å². The Hall–Kier alpha value is -1.51. The number of Topliss-reactive ketones (excluding diaryl/α,β-unsaturated/α-hetero) is 1. The number of rotatable bonds is 4. The van der Waals surface area contributed by atoms with E-state index in [1.807, 2.05) is 13.0 Å². The van der Waals surface area contributed by atoms with E-state index in [4.69, 9.17) is 10.5 Å². The molecule has 0 amide bonds. The largest absolute Gasteiger partial charge is 0.492 e. The molecule has 18 heavy (non-hydrogen) atoms. The van der Waals surface area contributed by atoms with Crippen LogP contribution in [0.3, 0.4) is 0 Å². The molecule has 3 heteroatoms. The highest BCUT2D eigenvalue weighted by molar-refractivity contribution is 5.98. The number of ketones is 1. The van der Waals surface area contributed by atoms with E-state index in [2.05, 4.69) is 0 Å². The van der Waals surface area contributed by atoms with Gasteiger partial charge in [-0.25, -0.2) is 0 Å². The predicted octanol–water partition coefficient (Wildman–Crippen LogP) is 3.43. The van der Waals surface area contributed by atoms with Gasteiger partial charge in [0.15, 0.2) is 5.78 Å². The highest BCUT2D eigenvalue weighted by Gasteiger charge is 2.22. The van der Waals surface area contributed by atoms with Crippen LogP contribution in [-0.4, -0.2) is 12.4 Å². The fourth-order valence-corrected chi connectivity index (χ4v) is 2.59. The van der Waals surface area contributed by atoms with Crippen molar-refractivity contribution in [3.63, 3.8) is 0 Å². The number of anilines is 1. The van der Waals surface area contributed by atoms with Gasteiger partial charge in [0.2, 0.25) is 0 Å². The molecule has 0 bridgehead atoms. The summed E-state index contributed by atoms with van der Waals surface area (Å²) in [4.78, 5) is 12.3. The number of nitrogens with two attached hydrogens (primary N) is 1. The minimum absolute atomic E-state index is 0.191. The Kier molecular flexibility index (Phi) is 4.24. The zero-order valence-electron chi connectivity index (χ0n) is 10.9. The number of hydrogen-bond donors (Lipinski definition) is 1. The average molecular weight is 247 g/mol. The number of hydrogen-bond acceptors (Lipinski definition) is 3. The molecule has 1 aromatic rings. The van der Waals surface area contributed by atoms with Gasteiger partial charge in [-0.3, -0.25) is 4.79 Å². The normalized spacial score (nSPS) is 16.5. The molecule has 3 nitrogen and oxygen atoms in total. The summed E-state index contributed by atoms with van der Waals surface area (Å²) in [7, 11) is 0. The van der Waals surface area contributed by atoms with Gasteiger partial charge in [0.25, 0.3) is 0 Å². The lowest BCUT2D eigenvalue weighted by atomic mass is 9.84. The van der Waals surface area contributed by atoms with Gasteiger partial charge in [0.1, 0.15) is 5.75 Å². The standard InChI is InChI=1S/C15H21NO2/c1-2-18-14-9-8-12(10-13(14)16)15(17)11-6-4-3-5-7-11/h8-11H,2-7,16H2,1H3. The van der Waals surface area contributed by atoms with Crippen LogP contribution in [0.5, 0.6) is 5.75 Å². The third-order valence-corrected chi connectivity index (χ3v) is 3.57. The zero-order chi connectivity index (χ0) is 13.0. The Labute approximate surface area is 108 Å². The molecule has 98 valence electrons. The van der Waals surface area contributed by atoms with Crippen LogP contribution in [-0.2, 0) is 0 Å². The van der Waals surface area contributed by atoms with Crippen molar-refractivity contribution in [3.8, 4) is 5.75 Å². The van der Waals surface area contributed by atoms with Crippen LogP contribution in [0.1, 0.15) is 49.4 Å². The summed E-state index contributed by atoms with van der Waals surface area (Å²) in [5, 5.41) is 0. The second kappa shape index (κ2) is 5.89. The van der Waals surface area contributed by atoms with Gasteiger partial charge in [-0.2, -0.15) is 0 Å². The van der Waals surface area contributed by atoms with E-state index in [9.17, 15) is 4.79 Å². The van der Waals surface area contributed by atoms with Crippen molar-refractivity contribution in [2.75, 3.05) is 12.3 Å². The number of benzene rings is 1. The summed E-state index contributed by atoms with van der Waals surface area (Å²) in [6.45, 7) is 2.50. The topological polar surface area (TPSA) is 52.3 Å². The summed E-state index contributed by atoms with van der Waals surface area (Å²) in [6.07, 6.45) is 5.64. The fourth-order valence-electron chi connectivity index (χ4n) is 2.59. The van der Waals surface area contributed by atoms with Crippen molar-refractivity contribution in [1.82, 2.24) is 0 Å². The molecule has 1 aromatic carbocycles. The first-order valence-corrected chi connectivity index (χ1v) is 6.79. The lowest BCUT2D eigenvalue weighted by molar-refractivity contribution is 0.0889. The van der Waals surface area contributed by atoms with Gasteiger partial charge < -0.3 is 10.5 Å². The first-order valence-electron chi connectivity index (χ1n) is 6.79. The van der Waals surface area contributed by atoms with Crippen LogP contribution in [0.25, 0.3) is 0 Å². The Bertz CT molecular complexity index is 423. The molecule has 2 rings (SSSR count). The van der Waals surface area contributed by atoms with Gasteiger partial charge in [-0.05, 0) is 38.0 Å². The monoisotopic (exact) mass is 247 g/mol. The molecular weight excluding hydrogens is 226 g/mol. The third kappa shape index (κ3) is 2.84. The molecule has 2 N–H and O–H groups in total. The van der Waals surface area contributed by atoms with Crippen molar-refractivity contribution in [2.45, 2.75) is 39.0 Å². The molecule has 1 aliphatic carbocycles. The lowest BCUT2D eigenvalue weighted by Crippen LogP contribution is -2.18. The van der Waals surface area contributed by atoms with Crippen LogP contribution in [0.4, 0.5) is 5.69 Å². The van der Waals surface area contributed by atoms with Gasteiger partial charge in [0, 0.05) is 11.5 Å². The maximum Gasteiger partial charge on any atom is 0.166 e. The third-order valence-electron chi connectivity index (χ3n) is 3.57. The first kappa shape index (κ1) is 12.9. The summed E-state index contributed by atoms with van der Waals surface area (Å²) in [6, 6.07) is 5.38. The van der Waals surface area contributed by atoms with Gasteiger partial charge in [-0.1, -0.05) is 19.3 Å². The van der Waals surface area contributed by atoms with E-state index in [0.717, 1.165) is 18.4 Å². The van der Waals surface area contributed by atoms with E-state index in [1.54, 1.807) is 12.1 Å². The molecule has 0 heterocycles. The van der Waals surface area contributed by atoms with Gasteiger partial charge >= 0.3 is 0 Å². The molecule has 0 unspecified atom stereocenters. The second-order valence-electron chi connectivity index (χ2n) is 4.88. The Morgan fingerprint density at radius 1 is 1.33 bits per heavy atom. The smallest absolute Gasteiger partial charge is 0.166 e. The summed E-state index contributed by atoms with van der Waals surface area (Å²) >= 11 is 0. The molecule has 0 aliphatic heterocycles. The van der Waals surface area contributed by atoms with Crippen LogP contribution >= 0.6 is 0 Å². The molecule has 0 spiro atoms. The predicted molar refractivity (Wildman–Crippen MR) is 72.9 cm³/mol. The SMILES string of the molecule is CCOc1ccc(C(=O)C2CCCCC2)cc1N. The summed E-state index contributed by atoms with van der Waals surface area (Å²) in [5.74, 6) is 1.10. The molecule has 0 radical (unpaired) electrons. The minimum atomic E-state index is 0.191. The highest BCUT2D eigenvalue weighted by atomic mass is 16.5. The molecule has 1 saturated carbocycles. The van der Waals surface area contributed by atoms with Gasteiger partial charge in [-0.15, -0.1) is 0 Å². The quantitative estimate of drug-likeness (QED) is 0.655. The van der Waals surface area contributed by atoms with Crippen LogP contribution in [0, 0.1) is 5.92 Å². The minimum Gasteiger partial charge on any atom is -0.492 e. The number of carbonyl (C=O) groups excluding carboxylic acids is 1. The molecule has 1 aliphatic rings. The molecule has 1 fully saturated rings. The van der Waals surface area contributed by atoms with Crippen LogP contribution in [0.15, 0.2) is 18.2 Å². The molecule has 0 aromatic heterocycles. The van der Waals surface area contributed by atoms with Crippen LogP contribution < -0.4 is 10.5 Å². The maximum absolute atomic E-state index is 12.3. The van der Waals surface area contributed by atoms with E-state index < -0.39 is 0 Å².